The fourth-order valence-electron chi connectivity index (χ4n) is 3.04. The Balaban J connectivity index is 2.35. The minimum absolute atomic E-state index is 0.0136. The summed E-state index contributed by atoms with van der Waals surface area (Å²) in [5, 5.41) is 10.3. The van der Waals surface area contributed by atoms with E-state index >= 15 is 0 Å². The smallest absolute Gasteiger partial charge is 0.317 e. The van der Waals surface area contributed by atoms with Gasteiger partial charge in [-0.1, -0.05) is 30.3 Å². The first-order valence-electron chi connectivity index (χ1n) is 7.62. The molecule has 0 bridgehead atoms. The normalized spacial score (nSPS) is 29.2. The van der Waals surface area contributed by atoms with Crippen molar-refractivity contribution in [3.8, 4) is 0 Å². The highest BCUT2D eigenvalue weighted by Gasteiger charge is 2.47. The summed E-state index contributed by atoms with van der Waals surface area (Å²) in [7, 11) is 0. The molecule has 1 aromatic carbocycles. The van der Waals surface area contributed by atoms with Crippen LogP contribution in [0.3, 0.4) is 0 Å². The van der Waals surface area contributed by atoms with Crippen molar-refractivity contribution < 1.29 is 19.4 Å². The predicted octanol–water partition coefficient (Wildman–Crippen LogP) is 2.84. The molecule has 4 heteroatoms. The van der Waals surface area contributed by atoms with Crippen LogP contribution >= 0.6 is 0 Å². The molecule has 1 N–H and O–H groups in total. The zero-order valence-electron chi connectivity index (χ0n) is 13.6. The second kappa shape index (κ2) is 5.84. The lowest BCUT2D eigenvalue weighted by Crippen LogP contribution is -2.46. The Bertz CT molecular complexity index is 554. The fraction of sp³-hybridized carbons (Fsp3) is 0.556. The fourth-order valence-corrected chi connectivity index (χ4v) is 3.04. The Morgan fingerprint density at radius 2 is 1.86 bits per heavy atom. The molecular formula is C18H24O4. The first-order chi connectivity index (χ1) is 10.1. The molecule has 120 valence electrons. The van der Waals surface area contributed by atoms with E-state index in [1.807, 2.05) is 30.3 Å². The molecule has 3 atom stereocenters. The Hall–Kier alpha value is -1.68. The second-order valence-corrected chi connectivity index (χ2v) is 7.37. The van der Waals surface area contributed by atoms with E-state index in [1.54, 1.807) is 27.7 Å². The first-order valence-corrected chi connectivity index (χ1v) is 7.62. The minimum atomic E-state index is -1.09. The minimum Gasteiger partial charge on any atom is -0.459 e. The van der Waals surface area contributed by atoms with Crippen LogP contribution < -0.4 is 0 Å². The van der Waals surface area contributed by atoms with Crippen molar-refractivity contribution in [1.82, 2.24) is 0 Å². The highest BCUT2D eigenvalue weighted by atomic mass is 16.6. The SMILES string of the molecule is CC(C)(C)OC(=O)[C@@H]1C(=O)C[C@@](C)(O)C[C@H]1c1ccccc1. The zero-order valence-corrected chi connectivity index (χ0v) is 13.6. The number of esters is 1. The van der Waals surface area contributed by atoms with Gasteiger partial charge in [0.15, 0.2) is 5.78 Å². The molecule has 0 aromatic heterocycles. The summed E-state index contributed by atoms with van der Waals surface area (Å²) in [6, 6.07) is 9.40. The standard InChI is InChI=1S/C18H24O4/c1-17(2,3)22-16(20)15-13(12-8-6-5-7-9-12)10-18(4,21)11-14(15)19/h5-9,13,15,21H,10-11H2,1-4H3/t13-,15-,18-/m0/s1. The lowest BCUT2D eigenvalue weighted by atomic mass is 9.69. The van der Waals surface area contributed by atoms with Gasteiger partial charge in [0.25, 0.3) is 0 Å². The van der Waals surface area contributed by atoms with Crippen LogP contribution in [-0.2, 0) is 14.3 Å². The van der Waals surface area contributed by atoms with Crippen molar-refractivity contribution in [2.24, 2.45) is 5.92 Å². The number of ether oxygens (including phenoxy) is 1. The van der Waals surface area contributed by atoms with Gasteiger partial charge >= 0.3 is 5.97 Å². The molecule has 1 fully saturated rings. The summed E-state index contributed by atoms with van der Waals surface area (Å²) in [4.78, 5) is 25.0. The first kappa shape index (κ1) is 16.7. The van der Waals surface area contributed by atoms with Gasteiger partial charge in [-0.25, -0.2) is 0 Å². The van der Waals surface area contributed by atoms with Crippen molar-refractivity contribution in [3.05, 3.63) is 35.9 Å². The van der Waals surface area contributed by atoms with Gasteiger partial charge in [0.2, 0.25) is 0 Å². The van der Waals surface area contributed by atoms with Gasteiger partial charge in [0.1, 0.15) is 11.5 Å². The van der Waals surface area contributed by atoms with Gasteiger partial charge in [-0.2, -0.15) is 0 Å². The lowest BCUT2D eigenvalue weighted by Gasteiger charge is -2.38. The third-order valence-electron chi connectivity index (χ3n) is 3.85. The van der Waals surface area contributed by atoms with Crippen LogP contribution in [0, 0.1) is 5.92 Å². The van der Waals surface area contributed by atoms with Gasteiger partial charge in [-0.05, 0) is 39.7 Å². The molecule has 1 aromatic rings. The molecule has 0 aliphatic heterocycles. The molecule has 0 saturated heterocycles. The topological polar surface area (TPSA) is 63.6 Å². The number of ketones is 1. The van der Waals surface area contributed by atoms with E-state index < -0.39 is 23.1 Å². The number of rotatable bonds is 2. The van der Waals surface area contributed by atoms with Crippen LogP contribution in [0.1, 0.15) is 52.0 Å². The van der Waals surface area contributed by atoms with Crippen molar-refractivity contribution >= 4 is 11.8 Å². The maximum absolute atomic E-state index is 12.5. The summed E-state index contributed by atoms with van der Waals surface area (Å²) in [6.45, 7) is 7.00. The molecule has 1 aliphatic rings. The number of carbonyl (C=O) groups excluding carboxylic acids is 2. The maximum Gasteiger partial charge on any atom is 0.317 e. The van der Waals surface area contributed by atoms with E-state index in [4.69, 9.17) is 4.74 Å². The van der Waals surface area contributed by atoms with Gasteiger partial charge < -0.3 is 9.84 Å². The number of hydrogen-bond donors (Lipinski definition) is 1. The van der Waals surface area contributed by atoms with Crippen LogP contribution in [0.5, 0.6) is 0 Å². The molecule has 0 spiro atoms. The number of Topliss-reactive ketones (excluding diaryl/α,β-unsaturated/α-hetero) is 1. The summed E-state index contributed by atoms with van der Waals surface area (Å²) in [6.07, 6.45) is 0.354. The summed E-state index contributed by atoms with van der Waals surface area (Å²) in [5.41, 5.74) is -0.846. The van der Waals surface area contributed by atoms with Crippen molar-refractivity contribution in [2.45, 2.75) is 57.7 Å². The monoisotopic (exact) mass is 304 g/mol. The molecule has 0 amide bonds. The second-order valence-electron chi connectivity index (χ2n) is 7.37. The molecule has 0 heterocycles. The summed E-state index contributed by atoms with van der Waals surface area (Å²) >= 11 is 0. The third-order valence-corrected chi connectivity index (χ3v) is 3.85. The van der Waals surface area contributed by atoms with Crippen LogP contribution in [0.15, 0.2) is 30.3 Å². The Kier molecular flexibility index (Phi) is 4.43. The molecular weight excluding hydrogens is 280 g/mol. The van der Waals surface area contributed by atoms with E-state index in [0.29, 0.717) is 6.42 Å². The van der Waals surface area contributed by atoms with E-state index in [2.05, 4.69) is 0 Å². The molecule has 0 unspecified atom stereocenters. The Labute approximate surface area is 131 Å². The maximum atomic E-state index is 12.5. The van der Waals surface area contributed by atoms with Gasteiger partial charge in [-0.3, -0.25) is 9.59 Å². The third kappa shape index (κ3) is 3.95. The Morgan fingerprint density at radius 3 is 2.41 bits per heavy atom. The largest absolute Gasteiger partial charge is 0.459 e. The van der Waals surface area contributed by atoms with E-state index in [9.17, 15) is 14.7 Å². The average molecular weight is 304 g/mol. The quantitative estimate of drug-likeness (QED) is 0.674. The average Bonchev–Trinajstić information content (AvgIpc) is 2.35. The summed E-state index contributed by atoms with van der Waals surface area (Å²) in [5.74, 6) is -1.95. The number of hydrogen-bond acceptors (Lipinski definition) is 4. The van der Waals surface area contributed by atoms with Crippen LogP contribution in [0.2, 0.25) is 0 Å². The molecule has 0 radical (unpaired) electrons. The summed E-state index contributed by atoms with van der Waals surface area (Å²) < 4.78 is 5.43. The van der Waals surface area contributed by atoms with Crippen molar-refractivity contribution in [2.75, 3.05) is 0 Å². The highest BCUT2D eigenvalue weighted by molar-refractivity contribution is 6.01. The molecule has 1 aliphatic carbocycles. The van der Waals surface area contributed by atoms with Crippen LogP contribution in [0.25, 0.3) is 0 Å². The Morgan fingerprint density at radius 1 is 1.27 bits per heavy atom. The number of benzene rings is 1. The van der Waals surface area contributed by atoms with E-state index in [-0.39, 0.29) is 18.1 Å². The van der Waals surface area contributed by atoms with E-state index in [0.717, 1.165) is 5.56 Å². The molecule has 4 nitrogen and oxygen atoms in total. The predicted molar refractivity (Wildman–Crippen MR) is 83.4 cm³/mol. The van der Waals surface area contributed by atoms with Crippen molar-refractivity contribution in [3.63, 3.8) is 0 Å². The van der Waals surface area contributed by atoms with Crippen LogP contribution in [-0.4, -0.2) is 28.1 Å². The number of aliphatic hydroxyl groups is 1. The van der Waals surface area contributed by atoms with Gasteiger partial charge in [0.05, 0.1) is 5.60 Å². The van der Waals surface area contributed by atoms with Crippen LogP contribution in [0.4, 0.5) is 0 Å². The van der Waals surface area contributed by atoms with E-state index in [1.165, 1.54) is 0 Å². The molecule has 2 rings (SSSR count). The lowest BCUT2D eigenvalue weighted by molar-refractivity contribution is -0.166. The molecule has 1 saturated carbocycles. The van der Waals surface area contributed by atoms with Crippen molar-refractivity contribution in [1.29, 1.82) is 0 Å². The number of carbonyl (C=O) groups is 2. The highest BCUT2D eigenvalue weighted by Crippen LogP contribution is 2.41. The zero-order chi connectivity index (χ0) is 16.5. The van der Waals surface area contributed by atoms with Gasteiger partial charge in [-0.15, -0.1) is 0 Å². The van der Waals surface area contributed by atoms with Gasteiger partial charge in [0, 0.05) is 12.3 Å². The molecule has 22 heavy (non-hydrogen) atoms.